The molecule has 1 aromatic rings. The molecule has 5 nitrogen and oxygen atoms in total. The summed E-state index contributed by atoms with van der Waals surface area (Å²) < 4.78 is 0.0486. The fourth-order valence-corrected chi connectivity index (χ4v) is 1.49. The Balaban J connectivity index is 3.35. The molecule has 0 saturated heterocycles. The van der Waals surface area contributed by atoms with E-state index in [-0.39, 0.29) is 15.7 Å². The molecule has 0 aliphatic carbocycles. The molecular weight excluding hydrogens is 263 g/mol. The van der Waals surface area contributed by atoms with E-state index in [9.17, 15) is 14.9 Å². The first-order valence-electron chi connectivity index (χ1n) is 3.01. The minimum Gasteiger partial charge on any atom is -0.276 e. The molecule has 0 aromatic carbocycles. The van der Waals surface area contributed by atoms with Gasteiger partial charge in [0.15, 0.2) is 0 Å². The zero-order chi connectivity index (χ0) is 10.0. The van der Waals surface area contributed by atoms with Gasteiger partial charge in [0.25, 0.3) is 5.24 Å². The van der Waals surface area contributed by atoms with Crippen LogP contribution in [0.15, 0.2) is 16.9 Å². The maximum atomic E-state index is 10.7. The van der Waals surface area contributed by atoms with Gasteiger partial charge in [0, 0.05) is 6.20 Å². The predicted molar refractivity (Wildman–Crippen MR) is 48.8 cm³/mol. The Kier molecular flexibility index (Phi) is 2.94. The van der Waals surface area contributed by atoms with Crippen LogP contribution < -0.4 is 0 Å². The van der Waals surface area contributed by atoms with Crippen LogP contribution in [-0.2, 0) is 0 Å². The van der Waals surface area contributed by atoms with Crippen molar-refractivity contribution < 1.29 is 9.72 Å². The third kappa shape index (κ3) is 2.02. The third-order valence-electron chi connectivity index (χ3n) is 1.27. The molecule has 0 radical (unpaired) electrons. The number of hydrogen-bond donors (Lipinski definition) is 0. The molecule has 0 fully saturated rings. The van der Waals surface area contributed by atoms with Gasteiger partial charge < -0.3 is 0 Å². The molecule has 0 bridgehead atoms. The second-order valence-electron chi connectivity index (χ2n) is 2.05. The minimum absolute atomic E-state index is 0.0177. The summed E-state index contributed by atoms with van der Waals surface area (Å²) in [5.74, 6) is 0. The van der Waals surface area contributed by atoms with E-state index in [1.165, 1.54) is 0 Å². The van der Waals surface area contributed by atoms with Gasteiger partial charge >= 0.3 is 5.69 Å². The lowest BCUT2D eigenvalue weighted by Gasteiger charge is -1.97. The molecule has 0 aliphatic rings. The Bertz CT molecular complexity index is 350. The van der Waals surface area contributed by atoms with E-state index in [4.69, 9.17) is 11.6 Å². The van der Waals surface area contributed by atoms with Crippen molar-refractivity contribution in [3.05, 3.63) is 32.5 Å². The summed E-state index contributed by atoms with van der Waals surface area (Å²) in [6, 6.07) is 0. The van der Waals surface area contributed by atoms with Crippen LogP contribution in [0, 0.1) is 10.1 Å². The molecule has 0 N–H and O–H groups in total. The number of nitro groups is 1. The smallest absolute Gasteiger partial charge is 0.276 e. The van der Waals surface area contributed by atoms with Crippen LogP contribution in [0.3, 0.4) is 0 Å². The van der Waals surface area contributed by atoms with Crippen molar-refractivity contribution in [2.75, 3.05) is 0 Å². The van der Waals surface area contributed by atoms with Gasteiger partial charge in [-0.05, 0) is 27.5 Å². The summed E-state index contributed by atoms with van der Waals surface area (Å²) in [5.41, 5.74) is -0.303. The first kappa shape index (κ1) is 10.1. The summed E-state index contributed by atoms with van der Waals surface area (Å²) in [4.78, 5) is 24.0. The van der Waals surface area contributed by atoms with Crippen LogP contribution in [-0.4, -0.2) is 15.1 Å². The molecule has 1 aromatic heterocycles. The maximum absolute atomic E-state index is 10.7. The van der Waals surface area contributed by atoms with Crippen molar-refractivity contribution in [3.63, 3.8) is 0 Å². The quantitative estimate of drug-likeness (QED) is 0.466. The lowest BCUT2D eigenvalue weighted by Crippen LogP contribution is -1.97. The molecule has 68 valence electrons. The van der Waals surface area contributed by atoms with E-state index >= 15 is 0 Å². The summed E-state index contributed by atoms with van der Waals surface area (Å²) in [6.45, 7) is 0. The molecule has 0 amide bonds. The molecule has 1 heterocycles. The summed E-state index contributed by atoms with van der Waals surface area (Å²) in [7, 11) is 0. The van der Waals surface area contributed by atoms with Gasteiger partial charge in [0.2, 0.25) is 0 Å². The average Bonchev–Trinajstić information content (AvgIpc) is 2.03. The van der Waals surface area contributed by atoms with Crippen LogP contribution in [0.25, 0.3) is 0 Å². The van der Waals surface area contributed by atoms with Gasteiger partial charge in [-0.1, -0.05) is 0 Å². The van der Waals surface area contributed by atoms with Crippen molar-refractivity contribution in [1.82, 2.24) is 4.98 Å². The number of aromatic nitrogens is 1. The average molecular weight is 265 g/mol. The summed E-state index contributed by atoms with van der Waals surface area (Å²) >= 11 is 8.05. The van der Waals surface area contributed by atoms with E-state index in [1.54, 1.807) is 0 Å². The van der Waals surface area contributed by atoms with Gasteiger partial charge in [0.05, 0.1) is 10.5 Å². The SMILES string of the molecule is O=C(Cl)c1cncc([N+](=O)[O-])c1Br. The summed E-state index contributed by atoms with van der Waals surface area (Å²) in [5, 5.41) is 9.59. The van der Waals surface area contributed by atoms with Crippen LogP contribution in [0.4, 0.5) is 5.69 Å². The first-order valence-corrected chi connectivity index (χ1v) is 4.19. The van der Waals surface area contributed by atoms with E-state index in [0.29, 0.717) is 0 Å². The van der Waals surface area contributed by atoms with Gasteiger partial charge in [-0.3, -0.25) is 19.9 Å². The highest BCUT2D eigenvalue weighted by Crippen LogP contribution is 2.27. The molecule has 0 atom stereocenters. The van der Waals surface area contributed by atoms with Crippen molar-refractivity contribution >= 4 is 38.5 Å². The predicted octanol–water partition coefficient (Wildman–Crippen LogP) is 2.13. The number of nitrogens with zero attached hydrogens (tertiary/aromatic N) is 2. The Labute approximate surface area is 86.0 Å². The maximum Gasteiger partial charge on any atom is 0.302 e. The minimum atomic E-state index is -0.789. The molecular formula is C6H2BrClN2O3. The summed E-state index contributed by atoms with van der Waals surface area (Å²) in [6.07, 6.45) is 2.19. The lowest BCUT2D eigenvalue weighted by molar-refractivity contribution is -0.386. The Morgan fingerprint density at radius 2 is 2.23 bits per heavy atom. The second kappa shape index (κ2) is 3.80. The fourth-order valence-electron chi connectivity index (χ4n) is 0.698. The van der Waals surface area contributed by atoms with Crippen molar-refractivity contribution in [2.24, 2.45) is 0 Å². The number of carbonyl (C=O) groups excluding carboxylic acids is 1. The molecule has 0 saturated carbocycles. The molecule has 1 rings (SSSR count). The van der Waals surface area contributed by atoms with E-state index in [1.807, 2.05) is 0 Å². The number of hydrogen-bond acceptors (Lipinski definition) is 4. The topological polar surface area (TPSA) is 73.1 Å². The Morgan fingerprint density at radius 3 is 2.69 bits per heavy atom. The molecule has 0 aliphatic heterocycles. The zero-order valence-corrected chi connectivity index (χ0v) is 8.37. The molecule has 7 heteroatoms. The van der Waals surface area contributed by atoms with Gasteiger partial charge in [-0.25, -0.2) is 0 Å². The molecule has 13 heavy (non-hydrogen) atoms. The highest BCUT2D eigenvalue weighted by Gasteiger charge is 2.18. The normalized spacial score (nSPS) is 9.69. The van der Waals surface area contributed by atoms with Crippen molar-refractivity contribution in [2.45, 2.75) is 0 Å². The number of pyridine rings is 1. The monoisotopic (exact) mass is 264 g/mol. The zero-order valence-electron chi connectivity index (χ0n) is 6.03. The van der Waals surface area contributed by atoms with Crippen LogP contribution >= 0.6 is 27.5 Å². The highest BCUT2D eigenvalue weighted by molar-refractivity contribution is 9.10. The number of carbonyl (C=O) groups is 1. The van der Waals surface area contributed by atoms with Crippen LogP contribution in [0.1, 0.15) is 10.4 Å². The van der Waals surface area contributed by atoms with E-state index in [2.05, 4.69) is 20.9 Å². The lowest BCUT2D eigenvalue weighted by atomic mass is 10.3. The van der Waals surface area contributed by atoms with Crippen LogP contribution in [0.5, 0.6) is 0 Å². The van der Waals surface area contributed by atoms with E-state index < -0.39 is 10.2 Å². The molecule has 0 unspecified atom stereocenters. The van der Waals surface area contributed by atoms with Gasteiger partial charge in [0.1, 0.15) is 10.7 Å². The number of halogens is 2. The Morgan fingerprint density at radius 1 is 1.62 bits per heavy atom. The van der Waals surface area contributed by atoms with Crippen LogP contribution in [0.2, 0.25) is 0 Å². The highest BCUT2D eigenvalue weighted by atomic mass is 79.9. The van der Waals surface area contributed by atoms with Crippen molar-refractivity contribution in [1.29, 1.82) is 0 Å². The van der Waals surface area contributed by atoms with Gasteiger partial charge in [-0.2, -0.15) is 0 Å². The Hall–Kier alpha value is -1.01. The van der Waals surface area contributed by atoms with Crippen molar-refractivity contribution in [3.8, 4) is 0 Å². The van der Waals surface area contributed by atoms with E-state index in [0.717, 1.165) is 12.4 Å². The first-order chi connectivity index (χ1) is 6.04. The third-order valence-corrected chi connectivity index (χ3v) is 2.31. The second-order valence-corrected chi connectivity index (χ2v) is 3.19. The standard InChI is InChI=1S/C6H2BrClN2O3/c7-5-3(6(8)11)1-9-2-4(5)10(12)13/h1-2H. The number of rotatable bonds is 2. The largest absolute Gasteiger partial charge is 0.302 e. The van der Waals surface area contributed by atoms with Gasteiger partial charge in [-0.15, -0.1) is 0 Å². The fraction of sp³-hybridized carbons (Fsp3) is 0. The molecule has 0 spiro atoms.